The Balaban J connectivity index is 3.47. The van der Waals surface area contributed by atoms with Gasteiger partial charge >= 0.3 is 0 Å². The average molecular weight is 256 g/mol. The topological polar surface area (TPSA) is 48.9 Å². The summed E-state index contributed by atoms with van der Waals surface area (Å²) in [7, 11) is -3.40. The van der Waals surface area contributed by atoms with Crippen molar-refractivity contribution in [2.45, 2.75) is 39.3 Å². The van der Waals surface area contributed by atoms with Crippen molar-refractivity contribution in [3.63, 3.8) is 0 Å². The first-order chi connectivity index (χ1) is 7.05. The Morgan fingerprint density at radius 1 is 1.25 bits per heavy atom. The fourth-order valence-corrected chi connectivity index (χ4v) is 4.47. The molecule has 16 heavy (non-hydrogen) atoms. The van der Waals surface area contributed by atoms with Crippen molar-refractivity contribution in [2.75, 3.05) is 0 Å². The molecule has 4 nitrogen and oxygen atoms in total. The lowest BCUT2D eigenvalue weighted by molar-refractivity contribution is -0.551. The van der Waals surface area contributed by atoms with Gasteiger partial charge in [0, 0.05) is 0 Å². The number of hydrogen-bond donors (Lipinski definition) is 0. The molecule has 0 bridgehead atoms. The molecule has 1 aromatic rings. The number of carbonyl (C=O) groups is 1. The second-order valence-electron chi connectivity index (χ2n) is 5.99. The van der Waals surface area contributed by atoms with E-state index in [9.17, 15) is 9.90 Å². The van der Waals surface area contributed by atoms with E-state index in [1.807, 2.05) is 20.9 Å². The van der Waals surface area contributed by atoms with E-state index in [-0.39, 0.29) is 0 Å². The zero-order valence-corrected chi connectivity index (χ0v) is 12.9. The number of carbonyl (C=O) groups excluding carboxylic acids is 1. The molecule has 0 N–H and O–H groups in total. The molecular formula is C10H20N2O2Si2. The highest BCUT2D eigenvalue weighted by atomic mass is 28.3. The number of hydrogen-bond acceptors (Lipinski definition) is 2. The van der Waals surface area contributed by atoms with Crippen LogP contribution in [0.15, 0.2) is 12.4 Å². The summed E-state index contributed by atoms with van der Waals surface area (Å²) in [5.41, 5.74) is 0. The van der Waals surface area contributed by atoms with E-state index in [0.29, 0.717) is 5.82 Å². The van der Waals surface area contributed by atoms with E-state index in [1.165, 1.54) is 0 Å². The van der Waals surface area contributed by atoms with Crippen LogP contribution in [0.2, 0.25) is 39.3 Å². The summed E-state index contributed by atoms with van der Waals surface area (Å²) in [6, 6.07) is 0. The van der Waals surface area contributed by atoms with E-state index in [0.717, 1.165) is 0 Å². The second kappa shape index (κ2) is 3.85. The molecule has 0 aliphatic carbocycles. The number of aromatic carboxylic acids is 1. The van der Waals surface area contributed by atoms with Gasteiger partial charge in [-0.15, -0.1) is 0 Å². The lowest BCUT2D eigenvalue weighted by Gasteiger charge is -2.19. The normalized spacial score (nSPS) is 12.9. The van der Waals surface area contributed by atoms with Gasteiger partial charge in [0.25, 0.3) is 22.3 Å². The van der Waals surface area contributed by atoms with Gasteiger partial charge in [-0.2, -0.15) is 0 Å². The van der Waals surface area contributed by atoms with Gasteiger partial charge in [-0.25, -0.2) is 0 Å². The molecule has 0 aliphatic heterocycles. The summed E-state index contributed by atoms with van der Waals surface area (Å²) in [6.07, 6.45) is 3.77. The summed E-state index contributed by atoms with van der Waals surface area (Å²) in [6.45, 7) is 12.7. The molecule has 0 spiro atoms. The van der Waals surface area contributed by atoms with Crippen LogP contribution in [0, 0.1) is 0 Å². The third kappa shape index (κ3) is 2.43. The molecule has 0 amide bonds. The molecule has 1 heterocycles. The van der Waals surface area contributed by atoms with Gasteiger partial charge in [0.2, 0.25) is 0 Å². The summed E-state index contributed by atoms with van der Waals surface area (Å²) < 4.78 is 3.81. The van der Waals surface area contributed by atoms with Crippen molar-refractivity contribution in [3.8, 4) is 0 Å². The molecule has 0 saturated heterocycles. The highest BCUT2D eigenvalue weighted by Gasteiger charge is 2.35. The fraction of sp³-hybridized carbons (Fsp3) is 0.600. The van der Waals surface area contributed by atoms with Crippen LogP contribution >= 0.6 is 0 Å². The number of aromatic nitrogens is 2. The first-order valence-corrected chi connectivity index (χ1v) is 12.3. The van der Waals surface area contributed by atoms with E-state index in [2.05, 4.69) is 39.3 Å². The smallest absolute Gasteiger partial charge is 0.275 e. The zero-order valence-electron chi connectivity index (χ0n) is 10.9. The minimum absolute atomic E-state index is 0.332. The molecule has 6 heteroatoms. The van der Waals surface area contributed by atoms with E-state index in [4.69, 9.17) is 0 Å². The number of nitrogens with zero attached hydrogens (tertiary/aromatic N) is 2. The molecule has 0 saturated carbocycles. The molecule has 0 radical (unpaired) electrons. The first kappa shape index (κ1) is 13.2. The van der Waals surface area contributed by atoms with Crippen molar-refractivity contribution in [2.24, 2.45) is 0 Å². The molecular weight excluding hydrogens is 236 g/mol. The van der Waals surface area contributed by atoms with E-state index in [1.54, 1.807) is 0 Å². The predicted octanol–water partition coefficient (Wildman–Crippen LogP) is 0.505. The molecule has 0 fully saturated rings. The Kier molecular flexibility index (Phi) is 3.17. The van der Waals surface area contributed by atoms with E-state index < -0.39 is 22.4 Å². The molecule has 1 rings (SSSR count). The molecule has 0 unspecified atom stereocenters. The highest BCUT2D eigenvalue weighted by Crippen LogP contribution is 2.10. The molecule has 1 aromatic heterocycles. The van der Waals surface area contributed by atoms with Crippen molar-refractivity contribution in [3.05, 3.63) is 18.2 Å². The van der Waals surface area contributed by atoms with Gasteiger partial charge < -0.3 is 9.90 Å². The Hall–Kier alpha value is -0.886. The van der Waals surface area contributed by atoms with Gasteiger partial charge in [-0.05, 0) is 39.3 Å². The predicted molar refractivity (Wildman–Crippen MR) is 66.4 cm³/mol. The minimum atomic E-state index is -1.70. The van der Waals surface area contributed by atoms with Crippen molar-refractivity contribution in [1.82, 2.24) is 4.23 Å². The standard InChI is InChI=1S/C10H20N2O2Si2/c1-15(2,3)11-7-8-12(16(4,5)6)9(11)10(13)14/h7-8H,1-6H3. The maximum absolute atomic E-state index is 11.3. The highest BCUT2D eigenvalue weighted by molar-refractivity contribution is 6.75. The van der Waals surface area contributed by atoms with Gasteiger partial charge in [-0.3, -0.25) is 8.47 Å². The lowest BCUT2D eigenvalue weighted by Crippen LogP contribution is -2.62. The Morgan fingerprint density at radius 2 is 1.75 bits per heavy atom. The van der Waals surface area contributed by atoms with Crippen molar-refractivity contribution < 1.29 is 14.1 Å². The summed E-state index contributed by atoms with van der Waals surface area (Å²) in [5, 5.41) is 11.3. The molecule has 90 valence electrons. The third-order valence-corrected chi connectivity index (χ3v) is 6.06. The Bertz CT molecular complexity index is 382. The SMILES string of the molecule is C[Si](C)(C)n1cc[n+]([Si](C)(C)C)c1C(=O)[O-]. The van der Waals surface area contributed by atoms with Crippen LogP contribution in [-0.4, -0.2) is 26.7 Å². The number of rotatable bonds is 3. The molecule has 0 atom stereocenters. The monoisotopic (exact) mass is 256 g/mol. The third-order valence-electron chi connectivity index (χ3n) is 2.45. The minimum Gasteiger partial charge on any atom is -0.538 e. The molecule has 0 aliphatic rings. The van der Waals surface area contributed by atoms with Crippen LogP contribution in [0.3, 0.4) is 0 Å². The van der Waals surface area contributed by atoms with E-state index >= 15 is 0 Å². The van der Waals surface area contributed by atoms with Crippen LogP contribution in [0.25, 0.3) is 0 Å². The first-order valence-electron chi connectivity index (χ1n) is 5.40. The summed E-state index contributed by atoms with van der Waals surface area (Å²) in [5.74, 6) is -0.742. The quantitative estimate of drug-likeness (QED) is 0.740. The Labute approximate surface area is 98.7 Å². The van der Waals surface area contributed by atoms with Gasteiger partial charge in [0.1, 0.15) is 12.4 Å². The van der Waals surface area contributed by atoms with Gasteiger partial charge in [0.15, 0.2) is 5.97 Å². The second-order valence-corrected chi connectivity index (χ2v) is 15.6. The number of imidazole rings is 1. The Morgan fingerprint density at radius 3 is 2.06 bits per heavy atom. The molecule has 0 aromatic carbocycles. The average Bonchev–Trinajstić information content (AvgIpc) is 2.43. The van der Waals surface area contributed by atoms with Crippen molar-refractivity contribution in [1.29, 1.82) is 0 Å². The van der Waals surface area contributed by atoms with Crippen LogP contribution in [0.4, 0.5) is 0 Å². The van der Waals surface area contributed by atoms with Crippen molar-refractivity contribution >= 4 is 22.4 Å². The maximum atomic E-state index is 11.3. The van der Waals surface area contributed by atoms with Gasteiger partial charge in [0.05, 0.1) is 0 Å². The van der Waals surface area contributed by atoms with Gasteiger partial charge in [-0.1, -0.05) is 0 Å². The maximum Gasteiger partial charge on any atom is 0.275 e. The number of carboxylic acids is 1. The van der Waals surface area contributed by atoms with Crippen LogP contribution in [0.5, 0.6) is 0 Å². The fourth-order valence-electron chi connectivity index (χ4n) is 1.67. The van der Waals surface area contributed by atoms with Crippen LogP contribution in [0.1, 0.15) is 10.6 Å². The zero-order chi connectivity index (χ0) is 12.7. The summed E-state index contributed by atoms with van der Waals surface area (Å²) >= 11 is 0. The number of carboxylic acid groups (broad SMARTS) is 1. The van der Waals surface area contributed by atoms with Crippen LogP contribution < -0.4 is 9.34 Å². The lowest BCUT2D eigenvalue weighted by atomic mass is 10.6. The largest absolute Gasteiger partial charge is 0.538 e. The van der Waals surface area contributed by atoms with Crippen LogP contribution in [-0.2, 0) is 0 Å². The summed E-state index contributed by atoms with van der Waals surface area (Å²) in [4.78, 5) is 11.3.